The summed E-state index contributed by atoms with van der Waals surface area (Å²) in [7, 11) is 0. The molecule has 132 valence electrons. The molecule has 0 aromatic carbocycles. The van der Waals surface area contributed by atoms with E-state index in [1.165, 1.54) is 0 Å². The minimum Gasteiger partial charge on any atom is -0.481 e. The van der Waals surface area contributed by atoms with Crippen molar-refractivity contribution in [2.75, 3.05) is 13.1 Å². The summed E-state index contributed by atoms with van der Waals surface area (Å²) < 4.78 is 5.45. The van der Waals surface area contributed by atoms with Gasteiger partial charge in [-0.2, -0.15) is 0 Å². The lowest BCUT2D eigenvalue weighted by Gasteiger charge is -2.41. The Labute approximate surface area is 139 Å². The van der Waals surface area contributed by atoms with Gasteiger partial charge in [0.2, 0.25) is 0 Å². The number of carboxylic acid groups (broad SMARTS) is 1. The second kappa shape index (κ2) is 6.33. The molecule has 1 saturated carbocycles. The molecule has 2 rings (SSSR count). The van der Waals surface area contributed by atoms with Gasteiger partial charge in [-0.15, -0.1) is 0 Å². The Morgan fingerprint density at radius 3 is 2.48 bits per heavy atom. The van der Waals surface area contributed by atoms with Crippen LogP contribution in [0.15, 0.2) is 0 Å². The maximum atomic E-state index is 12.4. The Balaban J connectivity index is 2.18. The topological polar surface area (TPSA) is 66.8 Å². The Morgan fingerprint density at radius 2 is 1.96 bits per heavy atom. The first kappa shape index (κ1) is 18.1. The molecule has 1 aliphatic heterocycles. The first-order valence-electron chi connectivity index (χ1n) is 8.75. The lowest BCUT2D eigenvalue weighted by Crippen LogP contribution is -2.41. The van der Waals surface area contributed by atoms with E-state index in [2.05, 4.69) is 13.8 Å². The number of hydrogen-bond donors (Lipinski definition) is 1. The quantitative estimate of drug-likeness (QED) is 0.839. The molecule has 0 aromatic rings. The van der Waals surface area contributed by atoms with E-state index < -0.39 is 17.5 Å². The van der Waals surface area contributed by atoms with Crippen LogP contribution in [0.25, 0.3) is 0 Å². The van der Waals surface area contributed by atoms with E-state index in [0.717, 1.165) is 25.7 Å². The average molecular weight is 325 g/mol. The van der Waals surface area contributed by atoms with Gasteiger partial charge < -0.3 is 14.7 Å². The molecule has 3 unspecified atom stereocenters. The first-order valence-corrected chi connectivity index (χ1v) is 8.75. The van der Waals surface area contributed by atoms with Crippen molar-refractivity contribution < 1.29 is 19.4 Å². The Morgan fingerprint density at radius 1 is 1.30 bits per heavy atom. The zero-order valence-electron chi connectivity index (χ0n) is 15.1. The lowest BCUT2D eigenvalue weighted by molar-refractivity contribution is -0.146. The monoisotopic (exact) mass is 325 g/mol. The molecule has 0 aromatic heterocycles. The van der Waals surface area contributed by atoms with Crippen molar-refractivity contribution in [1.82, 2.24) is 4.90 Å². The van der Waals surface area contributed by atoms with Crippen LogP contribution in [0.2, 0.25) is 0 Å². The highest BCUT2D eigenvalue weighted by Crippen LogP contribution is 2.51. The van der Waals surface area contributed by atoms with Crippen LogP contribution in [0.4, 0.5) is 4.79 Å². The maximum absolute atomic E-state index is 12.4. The molecular formula is C18H31NO4. The third-order valence-electron chi connectivity index (χ3n) is 5.46. The molecule has 1 aliphatic carbocycles. The number of hydrogen-bond acceptors (Lipinski definition) is 3. The highest BCUT2D eigenvalue weighted by atomic mass is 16.6. The van der Waals surface area contributed by atoms with Crippen LogP contribution < -0.4 is 0 Å². The van der Waals surface area contributed by atoms with Crippen LogP contribution >= 0.6 is 0 Å². The Kier molecular flexibility index (Phi) is 4.97. The van der Waals surface area contributed by atoms with Gasteiger partial charge >= 0.3 is 12.1 Å². The van der Waals surface area contributed by atoms with Crippen LogP contribution in [0, 0.1) is 23.2 Å². The molecule has 0 bridgehead atoms. The van der Waals surface area contributed by atoms with Crippen molar-refractivity contribution in [2.24, 2.45) is 23.2 Å². The second-order valence-corrected chi connectivity index (χ2v) is 8.71. The van der Waals surface area contributed by atoms with Gasteiger partial charge in [0.15, 0.2) is 0 Å². The predicted octanol–water partition coefficient (Wildman–Crippen LogP) is 3.77. The number of carboxylic acids is 1. The Hall–Kier alpha value is -1.26. The zero-order valence-corrected chi connectivity index (χ0v) is 15.1. The fraction of sp³-hybridized carbons (Fsp3) is 0.889. The van der Waals surface area contributed by atoms with E-state index in [1.54, 1.807) is 4.90 Å². The smallest absolute Gasteiger partial charge is 0.410 e. The van der Waals surface area contributed by atoms with Crippen LogP contribution in [-0.2, 0) is 9.53 Å². The number of carbonyl (C=O) groups excluding carboxylic acids is 1. The first-order chi connectivity index (χ1) is 10.5. The maximum Gasteiger partial charge on any atom is 0.410 e. The fourth-order valence-corrected chi connectivity index (χ4v) is 4.25. The van der Waals surface area contributed by atoms with Gasteiger partial charge in [-0.3, -0.25) is 4.79 Å². The van der Waals surface area contributed by atoms with E-state index >= 15 is 0 Å². The third kappa shape index (κ3) is 3.99. The fourth-order valence-electron chi connectivity index (χ4n) is 4.25. The Bertz CT molecular complexity index is 468. The number of likely N-dealkylation sites (tertiary alicyclic amines) is 1. The highest BCUT2D eigenvalue weighted by molar-refractivity contribution is 5.75. The molecule has 1 heterocycles. The minimum atomic E-state index is -0.777. The molecule has 1 amide bonds. The largest absolute Gasteiger partial charge is 0.481 e. The SMILES string of the molecule is CC(C)C1CCCC2(C1)CN(C(=O)OC(C)(C)C)CC2C(=O)O. The molecule has 1 saturated heterocycles. The van der Waals surface area contributed by atoms with Gasteiger partial charge in [0.1, 0.15) is 5.60 Å². The van der Waals surface area contributed by atoms with Gasteiger partial charge in [-0.25, -0.2) is 4.79 Å². The van der Waals surface area contributed by atoms with Crippen molar-refractivity contribution in [3.8, 4) is 0 Å². The summed E-state index contributed by atoms with van der Waals surface area (Å²) in [4.78, 5) is 25.8. The summed E-state index contributed by atoms with van der Waals surface area (Å²) in [6, 6.07) is 0. The summed E-state index contributed by atoms with van der Waals surface area (Å²) >= 11 is 0. The van der Waals surface area contributed by atoms with Crippen LogP contribution in [0.5, 0.6) is 0 Å². The van der Waals surface area contributed by atoms with Gasteiger partial charge in [0, 0.05) is 18.5 Å². The predicted molar refractivity (Wildman–Crippen MR) is 88.2 cm³/mol. The standard InChI is InChI=1S/C18H31NO4/c1-12(2)13-7-6-8-18(9-13)11-19(10-14(18)15(20)21)16(22)23-17(3,4)5/h12-14H,6-11H2,1-5H3,(H,20,21). The third-order valence-corrected chi connectivity index (χ3v) is 5.46. The van der Waals surface area contributed by atoms with Crippen LogP contribution in [0.1, 0.15) is 60.3 Å². The zero-order chi connectivity index (χ0) is 17.4. The van der Waals surface area contributed by atoms with E-state index in [0.29, 0.717) is 18.4 Å². The van der Waals surface area contributed by atoms with Crippen molar-refractivity contribution in [3.63, 3.8) is 0 Å². The molecule has 3 atom stereocenters. The normalized spacial score (nSPS) is 31.7. The molecule has 5 nitrogen and oxygen atoms in total. The molecule has 2 aliphatic rings. The van der Waals surface area contributed by atoms with Crippen molar-refractivity contribution in [2.45, 2.75) is 65.9 Å². The number of carbonyl (C=O) groups is 2. The number of rotatable bonds is 2. The summed E-state index contributed by atoms with van der Waals surface area (Å²) in [6.07, 6.45) is 3.63. The van der Waals surface area contributed by atoms with E-state index in [4.69, 9.17) is 4.74 Å². The van der Waals surface area contributed by atoms with E-state index in [1.807, 2.05) is 20.8 Å². The van der Waals surface area contributed by atoms with Gasteiger partial charge in [0.25, 0.3) is 0 Å². The van der Waals surface area contributed by atoms with E-state index in [-0.39, 0.29) is 18.1 Å². The molecule has 1 N–H and O–H groups in total. The van der Waals surface area contributed by atoms with Crippen molar-refractivity contribution >= 4 is 12.1 Å². The highest BCUT2D eigenvalue weighted by Gasteiger charge is 2.54. The number of nitrogens with zero attached hydrogens (tertiary/aromatic N) is 1. The second-order valence-electron chi connectivity index (χ2n) is 8.71. The molecule has 5 heteroatoms. The summed E-state index contributed by atoms with van der Waals surface area (Å²) in [5.74, 6) is -0.154. The number of aliphatic carboxylic acids is 1. The molecule has 23 heavy (non-hydrogen) atoms. The van der Waals surface area contributed by atoms with Crippen molar-refractivity contribution in [1.29, 1.82) is 0 Å². The number of amides is 1. The van der Waals surface area contributed by atoms with Crippen molar-refractivity contribution in [3.05, 3.63) is 0 Å². The average Bonchev–Trinajstić information content (AvgIpc) is 2.76. The summed E-state index contributed by atoms with van der Waals surface area (Å²) in [5.41, 5.74) is -0.839. The minimum absolute atomic E-state index is 0.273. The van der Waals surface area contributed by atoms with Crippen LogP contribution in [-0.4, -0.2) is 40.8 Å². The van der Waals surface area contributed by atoms with Gasteiger partial charge in [-0.1, -0.05) is 26.7 Å². The molecule has 1 spiro atoms. The number of ether oxygens (including phenoxy) is 1. The molecular weight excluding hydrogens is 294 g/mol. The summed E-state index contributed by atoms with van der Waals surface area (Å²) in [5, 5.41) is 9.71. The lowest BCUT2D eigenvalue weighted by atomic mass is 9.62. The van der Waals surface area contributed by atoms with Gasteiger partial charge in [0.05, 0.1) is 5.92 Å². The van der Waals surface area contributed by atoms with E-state index in [9.17, 15) is 14.7 Å². The van der Waals surface area contributed by atoms with Gasteiger partial charge in [-0.05, 0) is 45.4 Å². The molecule has 0 radical (unpaired) electrons. The summed E-state index contributed by atoms with van der Waals surface area (Å²) in [6.45, 7) is 10.7. The molecule has 2 fully saturated rings. The van der Waals surface area contributed by atoms with Crippen LogP contribution in [0.3, 0.4) is 0 Å².